The van der Waals surface area contributed by atoms with Crippen molar-refractivity contribution in [2.45, 2.75) is 0 Å². The maximum Gasteiger partial charge on any atom is 0.271 e. The van der Waals surface area contributed by atoms with Gasteiger partial charge in [0.05, 0.1) is 20.4 Å². The van der Waals surface area contributed by atoms with Gasteiger partial charge < -0.3 is 14.2 Å². The Morgan fingerprint density at radius 3 is 2.52 bits per heavy atom. The van der Waals surface area contributed by atoms with Crippen LogP contribution in [0.4, 0.5) is 0 Å². The van der Waals surface area contributed by atoms with Crippen LogP contribution in [0.1, 0.15) is 15.9 Å². The highest BCUT2D eigenvalue weighted by atomic mass is 16.5. The van der Waals surface area contributed by atoms with Gasteiger partial charge in [0, 0.05) is 5.56 Å². The Hall–Kier alpha value is -3.53. The molecule has 2 rings (SSSR count). The topological polar surface area (TPSA) is 92.9 Å². The van der Waals surface area contributed by atoms with E-state index in [1.165, 1.54) is 20.4 Å². The molecule has 0 unspecified atom stereocenters. The third-order valence-corrected chi connectivity index (χ3v) is 3.21. The van der Waals surface area contributed by atoms with Gasteiger partial charge in [-0.2, -0.15) is 10.4 Å². The van der Waals surface area contributed by atoms with Gasteiger partial charge in [-0.05, 0) is 48.0 Å². The van der Waals surface area contributed by atoms with E-state index in [9.17, 15) is 4.79 Å². The number of rotatable bonds is 7. The summed E-state index contributed by atoms with van der Waals surface area (Å²) in [5.41, 5.74) is 3.62. The highest BCUT2D eigenvalue weighted by Crippen LogP contribution is 2.27. The van der Waals surface area contributed by atoms with Crippen molar-refractivity contribution >= 4 is 12.1 Å². The second-order valence-corrected chi connectivity index (χ2v) is 4.78. The molecule has 1 amide bonds. The van der Waals surface area contributed by atoms with Crippen molar-refractivity contribution in [2.24, 2.45) is 5.10 Å². The summed E-state index contributed by atoms with van der Waals surface area (Å²) in [7, 11) is 3.03. The lowest BCUT2D eigenvalue weighted by atomic mass is 10.2. The van der Waals surface area contributed by atoms with Gasteiger partial charge in [0.25, 0.3) is 5.91 Å². The number of ether oxygens (including phenoxy) is 3. The summed E-state index contributed by atoms with van der Waals surface area (Å²) in [5.74, 6) is 1.23. The van der Waals surface area contributed by atoms with Crippen molar-refractivity contribution in [3.63, 3.8) is 0 Å². The fraction of sp³-hybridized carbons (Fsp3) is 0.167. The molecule has 0 aliphatic heterocycles. The minimum absolute atomic E-state index is 0.00514. The zero-order chi connectivity index (χ0) is 18.1. The van der Waals surface area contributed by atoms with Crippen LogP contribution in [-0.2, 0) is 0 Å². The van der Waals surface area contributed by atoms with Gasteiger partial charge in [-0.3, -0.25) is 4.79 Å². The fourth-order valence-electron chi connectivity index (χ4n) is 1.97. The molecule has 0 saturated carbocycles. The average Bonchev–Trinajstić information content (AvgIpc) is 2.66. The number of nitrogens with zero attached hydrogens (tertiary/aromatic N) is 2. The number of amides is 1. The second-order valence-electron chi connectivity index (χ2n) is 4.78. The second kappa shape index (κ2) is 8.93. The Labute approximate surface area is 145 Å². The zero-order valence-electron chi connectivity index (χ0n) is 13.9. The van der Waals surface area contributed by atoms with Crippen LogP contribution in [0.3, 0.4) is 0 Å². The number of benzene rings is 2. The van der Waals surface area contributed by atoms with Crippen molar-refractivity contribution in [1.82, 2.24) is 5.43 Å². The van der Waals surface area contributed by atoms with Crippen LogP contribution in [0.25, 0.3) is 0 Å². The van der Waals surface area contributed by atoms with Gasteiger partial charge in [0.1, 0.15) is 11.8 Å². The van der Waals surface area contributed by atoms with E-state index in [4.69, 9.17) is 19.5 Å². The summed E-state index contributed by atoms with van der Waals surface area (Å²) in [6.45, 7) is -0.00514. The van der Waals surface area contributed by atoms with Crippen LogP contribution in [-0.4, -0.2) is 32.9 Å². The van der Waals surface area contributed by atoms with Crippen molar-refractivity contribution < 1.29 is 19.0 Å². The molecular weight excluding hydrogens is 322 g/mol. The van der Waals surface area contributed by atoms with Crippen molar-refractivity contribution in [3.05, 3.63) is 53.6 Å². The molecule has 2 aromatic rings. The zero-order valence-corrected chi connectivity index (χ0v) is 13.9. The Morgan fingerprint density at radius 1 is 1.16 bits per heavy atom. The third-order valence-electron chi connectivity index (χ3n) is 3.21. The van der Waals surface area contributed by atoms with Gasteiger partial charge in [0.15, 0.2) is 18.1 Å². The molecule has 0 aromatic heterocycles. The Kier molecular flexibility index (Phi) is 6.37. The molecule has 0 aliphatic carbocycles. The van der Waals surface area contributed by atoms with E-state index >= 15 is 0 Å². The van der Waals surface area contributed by atoms with E-state index in [0.29, 0.717) is 22.8 Å². The summed E-state index contributed by atoms with van der Waals surface area (Å²) in [6.07, 6.45) is 1.51. The normalized spacial score (nSPS) is 10.1. The molecule has 0 spiro atoms. The van der Waals surface area contributed by atoms with E-state index in [-0.39, 0.29) is 12.5 Å². The molecule has 2 aromatic carbocycles. The largest absolute Gasteiger partial charge is 0.493 e. The molecule has 128 valence electrons. The van der Waals surface area contributed by atoms with E-state index in [1.54, 1.807) is 42.5 Å². The first kappa shape index (κ1) is 17.8. The smallest absolute Gasteiger partial charge is 0.271 e. The summed E-state index contributed by atoms with van der Waals surface area (Å²) < 4.78 is 15.4. The first-order valence-electron chi connectivity index (χ1n) is 7.33. The number of hydrogen-bond acceptors (Lipinski definition) is 6. The minimum atomic E-state index is -0.369. The molecule has 7 heteroatoms. The van der Waals surface area contributed by atoms with Crippen molar-refractivity contribution in [1.29, 1.82) is 5.26 Å². The number of nitriles is 1. The predicted molar refractivity (Wildman–Crippen MR) is 92.2 cm³/mol. The molecule has 1 N–H and O–H groups in total. The predicted octanol–water partition coefficient (Wildman–Crippen LogP) is 2.37. The first-order chi connectivity index (χ1) is 12.2. The van der Waals surface area contributed by atoms with Gasteiger partial charge in [-0.25, -0.2) is 5.43 Å². The average molecular weight is 339 g/mol. The maximum atomic E-state index is 12.1. The molecule has 7 nitrogen and oxygen atoms in total. The van der Waals surface area contributed by atoms with Crippen LogP contribution in [0.2, 0.25) is 0 Å². The van der Waals surface area contributed by atoms with Crippen molar-refractivity contribution in [3.8, 4) is 23.3 Å². The molecule has 0 atom stereocenters. The highest BCUT2D eigenvalue weighted by molar-refractivity contribution is 5.95. The van der Waals surface area contributed by atoms with E-state index in [0.717, 1.165) is 5.56 Å². The standard InChI is InChI=1S/C18H17N3O4/c1-23-16-8-5-14(11-17(16)24-2)18(22)21-20-12-13-3-6-15(7-4-13)25-10-9-19/h3-8,11-12H,10H2,1-2H3,(H,21,22). The summed E-state index contributed by atoms with van der Waals surface area (Å²) in [5, 5.41) is 12.4. The Morgan fingerprint density at radius 2 is 1.88 bits per heavy atom. The van der Waals surface area contributed by atoms with Gasteiger partial charge in [-0.15, -0.1) is 0 Å². The lowest BCUT2D eigenvalue weighted by Gasteiger charge is -2.08. The van der Waals surface area contributed by atoms with Gasteiger partial charge in [0.2, 0.25) is 0 Å². The molecule has 0 bridgehead atoms. The van der Waals surface area contributed by atoms with Gasteiger partial charge in [-0.1, -0.05) is 0 Å². The van der Waals surface area contributed by atoms with Crippen LogP contribution in [0.5, 0.6) is 17.2 Å². The Balaban J connectivity index is 1.97. The minimum Gasteiger partial charge on any atom is -0.493 e. The number of nitrogens with one attached hydrogen (secondary N) is 1. The summed E-state index contributed by atoms with van der Waals surface area (Å²) >= 11 is 0. The number of hydrogen-bond donors (Lipinski definition) is 1. The SMILES string of the molecule is COc1ccc(C(=O)NN=Cc2ccc(OCC#N)cc2)cc1OC. The molecule has 0 aliphatic rings. The first-order valence-corrected chi connectivity index (χ1v) is 7.33. The van der Waals surface area contributed by atoms with E-state index in [2.05, 4.69) is 10.5 Å². The molecule has 0 saturated heterocycles. The molecule has 0 heterocycles. The van der Waals surface area contributed by atoms with E-state index in [1.807, 2.05) is 6.07 Å². The van der Waals surface area contributed by atoms with Crippen LogP contribution in [0, 0.1) is 11.3 Å². The number of hydrazone groups is 1. The maximum absolute atomic E-state index is 12.1. The van der Waals surface area contributed by atoms with Crippen LogP contribution < -0.4 is 19.6 Å². The fourth-order valence-corrected chi connectivity index (χ4v) is 1.97. The molecular formula is C18H17N3O4. The van der Waals surface area contributed by atoms with Crippen molar-refractivity contribution in [2.75, 3.05) is 20.8 Å². The van der Waals surface area contributed by atoms with Crippen LogP contribution >= 0.6 is 0 Å². The quantitative estimate of drug-likeness (QED) is 0.617. The lowest BCUT2D eigenvalue weighted by Crippen LogP contribution is -2.17. The monoisotopic (exact) mass is 339 g/mol. The van der Waals surface area contributed by atoms with Crippen LogP contribution in [0.15, 0.2) is 47.6 Å². The number of methoxy groups -OCH3 is 2. The number of carbonyl (C=O) groups is 1. The van der Waals surface area contributed by atoms with Gasteiger partial charge >= 0.3 is 0 Å². The van der Waals surface area contributed by atoms with E-state index < -0.39 is 0 Å². The lowest BCUT2D eigenvalue weighted by molar-refractivity contribution is 0.0954. The summed E-state index contributed by atoms with van der Waals surface area (Å²) in [6, 6.07) is 13.7. The molecule has 0 radical (unpaired) electrons. The summed E-state index contributed by atoms with van der Waals surface area (Å²) in [4.78, 5) is 12.1. The Bertz CT molecular complexity index is 795. The molecule has 0 fully saturated rings. The number of carbonyl (C=O) groups excluding carboxylic acids is 1. The highest BCUT2D eigenvalue weighted by Gasteiger charge is 2.09. The third kappa shape index (κ3) is 4.97. The molecule has 25 heavy (non-hydrogen) atoms.